The lowest BCUT2D eigenvalue weighted by Crippen LogP contribution is -2.47. The number of sulfonamides is 1. The minimum absolute atomic E-state index is 0.183. The molecule has 1 fully saturated rings. The molecule has 29 heavy (non-hydrogen) atoms. The molecule has 10 heteroatoms. The van der Waals surface area contributed by atoms with Crippen LogP contribution in [-0.2, 0) is 10.0 Å². The number of nitrogens with zero attached hydrogens (tertiary/aromatic N) is 1. The summed E-state index contributed by atoms with van der Waals surface area (Å²) >= 11 is 5.81. The summed E-state index contributed by atoms with van der Waals surface area (Å²) in [6, 6.07) is 11.6. The van der Waals surface area contributed by atoms with Gasteiger partial charge < -0.3 is 15.7 Å². The monoisotopic (exact) mass is 437 g/mol. The number of piperidine rings is 1. The van der Waals surface area contributed by atoms with Crippen LogP contribution in [0.15, 0.2) is 53.4 Å². The van der Waals surface area contributed by atoms with Crippen molar-refractivity contribution in [1.82, 2.24) is 9.62 Å². The van der Waals surface area contributed by atoms with Crippen LogP contribution in [0.2, 0.25) is 5.02 Å². The van der Waals surface area contributed by atoms with Crippen LogP contribution in [0.4, 0.5) is 10.5 Å². The third kappa shape index (κ3) is 5.06. The van der Waals surface area contributed by atoms with Crippen LogP contribution in [0.1, 0.15) is 23.2 Å². The molecule has 0 atom stereocenters. The van der Waals surface area contributed by atoms with Crippen LogP contribution in [0, 0.1) is 0 Å². The number of aromatic carboxylic acids is 1. The first kappa shape index (κ1) is 21.1. The Morgan fingerprint density at radius 1 is 1.03 bits per heavy atom. The topological polar surface area (TPSA) is 116 Å². The predicted octanol–water partition coefficient (Wildman–Crippen LogP) is 3.01. The number of carboxylic acids is 1. The molecule has 0 aliphatic carbocycles. The number of carbonyl (C=O) groups is 2. The van der Waals surface area contributed by atoms with Gasteiger partial charge in [-0.1, -0.05) is 23.7 Å². The number of halogens is 1. The summed E-state index contributed by atoms with van der Waals surface area (Å²) in [4.78, 5) is 23.3. The molecule has 0 bridgehead atoms. The smallest absolute Gasteiger partial charge is 0.337 e. The minimum atomic E-state index is -3.93. The Kier molecular flexibility index (Phi) is 6.41. The Hall–Kier alpha value is -2.62. The second kappa shape index (κ2) is 8.81. The average Bonchev–Trinajstić information content (AvgIpc) is 2.70. The molecule has 3 rings (SSSR count). The van der Waals surface area contributed by atoms with Gasteiger partial charge in [-0.05, 0) is 49.2 Å². The number of nitrogens with one attached hydrogen (secondary N) is 2. The predicted molar refractivity (Wildman–Crippen MR) is 109 cm³/mol. The third-order valence-electron chi connectivity index (χ3n) is 4.63. The molecule has 3 N–H and O–H groups in total. The number of amides is 2. The van der Waals surface area contributed by atoms with Crippen LogP contribution in [0.5, 0.6) is 0 Å². The zero-order valence-corrected chi connectivity index (χ0v) is 16.9. The van der Waals surface area contributed by atoms with E-state index in [1.807, 2.05) is 0 Å². The number of carboxylic acid groups (broad SMARTS) is 1. The van der Waals surface area contributed by atoms with E-state index in [0.717, 1.165) is 0 Å². The largest absolute Gasteiger partial charge is 0.478 e. The molecule has 2 aromatic rings. The standard InChI is InChI=1S/C19H20ClN3O5S/c20-13-5-7-14(8-6-13)21-19(26)22-15-9-11-23(12-10-15)29(27,28)17-4-2-1-3-16(17)18(24)25/h1-8,15H,9-12H2,(H,24,25)(H2,21,22,26). The van der Waals surface area contributed by atoms with E-state index in [2.05, 4.69) is 10.6 Å². The molecule has 1 aliphatic rings. The number of benzene rings is 2. The SMILES string of the molecule is O=C(Nc1ccc(Cl)cc1)NC1CCN(S(=O)(=O)c2ccccc2C(=O)O)CC1. The van der Waals surface area contributed by atoms with Gasteiger partial charge >= 0.3 is 12.0 Å². The maximum Gasteiger partial charge on any atom is 0.337 e. The minimum Gasteiger partial charge on any atom is -0.478 e. The highest BCUT2D eigenvalue weighted by atomic mass is 35.5. The number of rotatable bonds is 5. The van der Waals surface area contributed by atoms with Gasteiger partial charge in [0.15, 0.2) is 0 Å². The van der Waals surface area contributed by atoms with Gasteiger partial charge in [0, 0.05) is 29.8 Å². The Balaban J connectivity index is 1.59. The van der Waals surface area contributed by atoms with E-state index in [-0.39, 0.29) is 35.6 Å². The summed E-state index contributed by atoms with van der Waals surface area (Å²) in [6.07, 6.45) is 0.838. The Bertz CT molecular complexity index is 1000. The van der Waals surface area contributed by atoms with Crippen molar-refractivity contribution in [3.63, 3.8) is 0 Å². The van der Waals surface area contributed by atoms with Crippen LogP contribution in [0.25, 0.3) is 0 Å². The zero-order chi connectivity index (χ0) is 21.0. The summed E-state index contributed by atoms with van der Waals surface area (Å²) in [7, 11) is -3.93. The van der Waals surface area contributed by atoms with Crippen molar-refractivity contribution >= 4 is 39.3 Å². The summed E-state index contributed by atoms with van der Waals surface area (Å²) in [6.45, 7) is 0.365. The van der Waals surface area contributed by atoms with Crippen molar-refractivity contribution in [2.45, 2.75) is 23.8 Å². The Morgan fingerprint density at radius 3 is 2.28 bits per heavy atom. The van der Waals surface area contributed by atoms with Gasteiger partial charge in [-0.25, -0.2) is 18.0 Å². The van der Waals surface area contributed by atoms with Crippen molar-refractivity contribution in [2.24, 2.45) is 0 Å². The molecule has 2 aromatic carbocycles. The molecule has 154 valence electrons. The van der Waals surface area contributed by atoms with Crippen molar-refractivity contribution < 1.29 is 23.1 Å². The molecular formula is C19H20ClN3O5S. The maximum atomic E-state index is 12.9. The van der Waals surface area contributed by atoms with E-state index in [9.17, 15) is 23.1 Å². The van der Waals surface area contributed by atoms with E-state index >= 15 is 0 Å². The van der Waals surface area contributed by atoms with Crippen LogP contribution >= 0.6 is 11.6 Å². The summed E-state index contributed by atoms with van der Waals surface area (Å²) in [5, 5.41) is 15.3. The molecule has 0 radical (unpaired) electrons. The number of anilines is 1. The molecule has 1 saturated heterocycles. The number of urea groups is 1. The van der Waals surface area contributed by atoms with Gasteiger partial charge in [-0.15, -0.1) is 0 Å². The summed E-state index contributed by atoms with van der Waals surface area (Å²) in [5.74, 6) is -1.29. The lowest BCUT2D eigenvalue weighted by Gasteiger charge is -2.31. The number of hydrogen-bond donors (Lipinski definition) is 3. The summed E-state index contributed by atoms with van der Waals surface area (Å²) in [5.41, 5.74) is 0.340. The second-order valence-corrected chi connectivity index (χ2v) is 8.93. The highest BCUT2D eigenvalue weighted by Crippen LogP contribution is 2.24. The van der Waals surface area contributed by atoms with Gasteiger partial charge in [-0.2, -0.15) is 4.31 Å². The van der Waals surface area contributed by atoms with E-state index in [4.69, 9.17) is 11.6 Å². The second-order valence-electron chi connectivity index (χ2n) is 6.59. The van der Waals surface area contributed by atoms with Crippen molar-refractivity contribution in [2.75, 3.05) is 18.4 Å². The normalized spacial score (nSPS) is 15.6. The molecule has 8 nitrogen and oxygen atoms in total. The molecule has 0 saturated carbocycles. The highest BCUT2D eigenvalue weighted by Gasteiger charge is 2.32. The first-order valence-electron chi connectivity index (χ1n) is 8.93. The van der Waals surface area contributed by atoms with E-state index in [0.29, 0.717) is 23.6 Å². The van der Waals surface area contributed by atoms with Gasteiger partial charge in [0.25, 0.3) is 0 Å². The van der Waals surface area contributed by atoms with Crippen LogP contribution in [-0.4, -0.2) is 49.0 Å². The number of hydrogen-bond acceptors (Lipinski definition) is 4. The molecule has 1 heterocycles. The van der Waals surface area contributed by atoms with Crippen molar-refractivity contribution in [1.29, 1.82) is 0 Å². The van der Waals surface area contributed by atoms with Gasteiger partial charge in [-0.3, -0.25) is 0 Å². The zero-order valence-electron chi connectivity index (χ0n) is 15.3. The fraction of sp³-hybridized carbons (Fsp3) is 0.263. The Labute approximate surface area is 173 Å². The first-order chi connectivity index (χ1) is 13.8. The fourth-order valence-electron chi connectivity index (χ4n) is 3.13. The summed E-state index contributed by atoms with van der Waals surface area (Å²) < 4.78 is 27.0. The number of carbonyl (C=O) groups excluding carboxylic acids is 1. The van der Waals surface area contributed by atoms with Crippen molar-refractivity contribution in [3.05, 3.63) is 59.1 Å². The van der Waals surface area contributed by atoms with Gasteiger partial charge in [0.05, 0.1) is 10.5 Å². The molecule has 2 amide bonds. The molecule has 0 spiro atoms. The molecular weight excluding hydrogens is 418 g/mol. The third-order valence-corrected chi connectivity index (χ3v) is 6.84. The highest BCUT2D eigenvalue weighted by molar-refractivity contribution is 7.89. The average molecular weight is 438 g/mol. The molecule has 0 unspecified atom stereocenters. The quantitative estimate of drug-likeness (QED) is 0.664. The van der Waals surface area contributed by atoms with E-state index < -0.39 is 16.0 Å². The van der Waals surface area contributed by atoms with E-state index in [1.165, 1.54) is 28.6 Å². The van der Waals surface area contributed by atoms with Crippen LogP contribution < -0.4 is 10.6 Å². The van der Waals surface area contributed by atoms with E-state index in [1.54, 1.807) is 24.3 Å². The molecule has 0 aromatic heterocycles. The lowest BCUT2D eigenvalue weighted by atomic mass is 10.1. The molecule has 1 aliphatic heterocycles. The van der Waals surface area contributed by atoms with Crippen LogP contribution in [0.3, 0.4) is 0 Å². The van der Waals surface area contributed by atoms with Gasteiger partial charge in [0.2, 0.25) is 10.0 Å². The lowest BCUT2D eigenvalue weighted by molar-refractivity contribution is 0.0692. The Morgan fingerprint density at radius 2 is 1.66 bits per heavy atom. The maximum absolute atomic E-state index is 12.9. The first-order valence-corrected chi connectivity index (χ1v) is 10.7. The fourth-order valence-corrected chi connectivity index (χ4v) is 4.91. The van der Waals surface area contributed by atoms with Crippen molar-refractivity contribution in [3.8, 4) is 0 Å². The van der Waals surface area contributed by atoms with Gasteiger partial charge in [0.1, 0.15) is 0 Å².